The van der Waals surface area contributed by atoms with E-state index in [2.05, 4.69) is 10.3 Å². The van der Waals surface area contributed by atoms with Crippen LogP contribution >= 0.6 is 0 Å². The largest absolute Gasteiger partial charge is 0.478 e. The molecule has 0 spiro atoms. The molecule has 0 aromatic carbocycles. The Morgan fingerprint density at radius 3 is 2.86 bits per heavy atom. The normalized spacial score (nSPS) is 16.4. The van der Waals surface area contributed by atoms with Crippen LogP contribution in [0.5, 0.6) is 0 Å². The number of ether oxygens (including phenoxy) is 1. The third-order valence-electron chi connectivity index (χ3n) is 3.65. The topological polar surface area (TPSA) is 88.5 Å². The van der Waals surface area contributed by atoms with E-state index >= 15 is 0 Å². The molecule has 1 aromatic rings. The van der Waals surface area contributed by atoms with Crippen molar-refractivity contribution >= 4 is 23.8 Å². The minimum absolute atomic E-state index is 0.150. The first-order valence-corrected chi connectivity index (χ1v) is 6.75. The number of hydrogen-bond acceptors (Lipinski definition) is 4. The van der Waals surface area contributed by atoms with Crippen molar-refractivity contribution in [3.8, 4) is 0 Å². The lowest BCUT2D eigenvalue weighted by molar-refractivity contribution is -0.131. The summed E-state index contributed by atoms with van der Waals surface area (Å²) in [7, 11) is 1.63. The Balaban J connectivity index is 1.97. The molecule has 6 heteroatoms. The van der Waals surface area contributed by atoms with E-state index in [0.29, 0.717) is 17.8 Å². The number of aromatic nitrogens is 1. The van der Waals surface area contributed by atoms with Crippen LogP contribution in [0, 0.1) is 0 Å². The Kier molecular flexibility index (Phi) is 4.70. The van der Waals surface area contributed by atoms with Crippen LogP contribution < -0.4 is 5.32 Å². The number of carbonyl (C=O) groups is 2. The maximum atomic E-state index is 12.0. The molecular formula is C15H18N2O4. The third-order valence-corrected chi connectivity index (χ3v) is 3.65. The highest BCUT2D eigenvalue weighted by molar-refractivity contribution is 5.91. The highest BCUT2D eigenvalue weighted by atomic mass is 16.5. The number of nitrogens with one attached hydrogen (secondary N) is 1. The van der Waals surface area contributed by atoms with Crippen molar-refractivity contribution in [2.75, 3.05) is 12.4 Å². The second-order valence-electron chi connectivity index (χ2n) is 5.11. The summed E-state index contributed by atoms with van der Waals surface area (Å²) < 4.78 is 5.41. The van der Waals surface area contributed by atoms with Crippen LogP contribution in [0.3, 0.4) is 0 Å². The fourth-order valence-electron chi connectivity index (χ4n) is 2.29. The molecule has 0 atom stereocenters. The maximum Gasteiger partial charge on any atom is 0.328 e. The van der Waals surface area contributed by atoms with E-state index in [1.54, 1.807) is 19.2 Å². The number of carboxylic acids is 1. The van der Waals surface area contributed by atoms with Crippen LogP contribution in [-0.4, -0.2) is 34.7 Å². The number of carboxylic acid groups (broad SMARTS) is 1. The van der Waals surface area contributed by atoms with Crippen LogP contribution in [0.15, 0.2) is 24.4 Å². The Hall–Kier alpha value is -2.21. The summed E-state index contributed by atoms with van der Waals surface area (Å²) in [5.41, 5.74) is 0.332. The molecule has 1 aromatic heterocycles. The molecule has 2 N–H and O–H groups in total. The second kappa shape index (κ2) is 6.49. The van der Waals surface area contributed by atoms with E-state index in [1.807, 2.05) is 0 Å². The van der Waals surface area contributed by atoms with Crippen molar-refractivity contribution < 1.29 is 19.4 Å². The highest BCUT2D eigenvalue weighted by Crippen LogP contribution is 2.38. The average molecular weight is 290 g/mol. The molecule has 1 saturated carbocycles. The van der Waals surface area contributed by atoms with Gasteiger partial charge in [0.05, 0.1) is 12.0 Å². The quantitative estimate of drug-likeness (QED) is 0.783. The minimum atomic E-state index is -1.02. The standard InChI is InChI=1S/C15H18N2O4/c1-21-15(6-2-7-15)10-13(18)17-12-9-11(5-8-16-12)3-4-14(19)20/h3-5,8-9H,2,6-7,10H2,1H3,(H,19,20)(H,16,17,18)/b4-3+. The maximum absolute atomic E-state index is 12.0. The summed E-state index contributed by atoms with van der Waals surface area (Å²) in [6, 6.07) is 3.29. The van der Waals surface area contributed by atoms with Gasteiger partial charge in [0.1, 0.15) is 5.82 Å². The molecule has 0 bridgehead atoms. The summed E-state index contributed by atoms with van der Waals surface area (Å²) in [5, 5.41) is 11.3. The number of amides is 1. The average Bonchev–Trinajstić information content (AvgIpc) is 2.41. The molecule has 1 amide bonds. The zero-order valence-corrected chi connectivity index (χ0v) is 11.8. The number of hydrogen-bond donors (Lipinski definition) is 2. The van der Waals surface area contributed by atoms with Gasteiger partial charge in [0.25, 0.3) is 0 Å². The Labute approximate surface area is 122 Å². The summed E-state index contributed by atoms with van der Waals surface area (Å²) in [5.74, 6) is -0.772. The number of anilines is 1. The van der Waals surface area contributed by atoms with Gasteiger partial charge < -0.3 is 15.2 Å². The second-order valence-corrected chi connectivity index (χ2v) is 5.11. The Morgan fingerprint density at radius 1 is 1.52 bits per heavy atom. The Bertz CT molecular complexity index is 559. The van der Waals surface area contributed by atoms with Crippen LogP contribution in [0.1, 0.15) is 31.2 Å². The van der Waals surface area contributed by atoms with Crippen molar-refractivity contribution in [1.82, 2.24) is 4.98 Å². The number of carbonyl (C=O) groups excluding carboxylic acids is 1. The number of nitrogens with zero attached hydrogens (tertiary/aromatic N) is 1. The fraction of sp³-hybridized carbons (Fsp3) is 0.400. The molecule has 1 aliphatic carbocycles. The number of methoxy groups -OCH3 is 1. The first kappa shape index (κ1) is 15.2. The SMILES string of the molecule is COC1(CC(=O)Nc2cc(/C=C/C(=O)O)ccn2)CCC1. The first-order chi connectivity index (χ1) is 10.0. The Morgan fingerprint density at radius 2 is 2.29 bits per heavy atom. The lowest BCUT2D eigenvalue weighted by Gasteiger charge is -2.39. The molecule has 0 saturated heterocycles. The van der Waals surface area contributed by atoms with Gasteiger partial charge in [-0.15, -0.1) is 0 Å². The van der Waals surface area contributed by atoms with Gasteiger partial charge in [0.2, 0.25) is 5.91 Å². The smallest absolute Gasteiger partial charge is 0.328 e. The van der Waals surface area contributed by atoms with Gasteiger partial charge in [-0.25, -0.2) is 9.78 Å². The zero-order chi connectivity index (χ0) is 15.3. The van der Waals surface area contributed by atoms with Crippen LogP contribution in [0.25, 0.3) is 6.08 Å². The van der Waals surface area contributed by atoms with Crippen LogP contribution in [0.2, 0.25) is 0 Å². The molecule has 6 nitrogen and oxygen atoms in total. The van der Waals surface area contributed by atoms with Gasteiger partial charge in [-0.2, -0.15) is 0 Å². The molecular weight excluding hydrogens is 272 g/mol. The minimum Gasteiger partial charge on any atom is -0.478 e. The van der Waals surface area contributed by atoms with Crippen molar-refractivity contribution in [1.29, 1.82) is 0 Å². The molecule has 0 radical (unpaired) electrons. The van der Waals surface area contributed by atoms with E-state index in [0.717, 1.165) is 25.3 Å². The number of rotatable bonds is 6. The molecule has 1 fully saturated rings. The monoisotopic (exact) mass is 290 g/mol. The van der Waals surface area contributed by atoms with Crippen molar-refractivity contribution in [2.45, 2.75) is 31.3 Å². The summed E-state index contributed by atoms with van der Waals surface area (Å²) in [6.07, 6.45) is 7.18. The van der Waals surface area contributed by atoms with Crippen molar-refractivity contribution in [2.24, 2.45) is 0 Å². The number of pyridine rings is 1. The van der Waals surface area contributed by atoms with Gasteiger partial charge in [-0.1, -0.05) is 0 Å². The van der Waals surface area contributed by atoms with E-state index in [1.165, 1.54) is 12.3 Å². The first-order valence-electron chi connectivity index (χ1n) is 6.75. The predicted molar refractivity (Wildman–Crippen MR) is 77.7 cm³/mol. The van der Waals surface area contributed by atoms with Crippen molar-refractivity contribution in [3.05, 3.63) is 30.0 Å². The molecule has 1 aliphatic rings. The van der Waals surface area contributed by atoms with E-state index in [4.69, 9.17) is 9.84 Å². The van der Waals surface area contributed by atoms with Gasteiger partial charge in [-0.3, -0.25) is 4.79 Å². The third kappa shape index (κ3) is 4.13. The summed E-state index contributed by atoms with van der Waals surface area (Å²) in [4.78, 5) is 26.5. The molecule has 0 aliphatic heterocycles. The lowest BCUT2D eigenvalue weighted by Crippen LogP contribution is -2.42. The van der Waals surface area contributed by atoms with Gasteiger partial charge in [-0.05, 0) is 43.0 Å². The van der Waals surface area contributed by atoms with Crippen LogP contribution in [-0.2, 0) is 14.3 Å². The zero-order valence-electron chi connectivity index (χ0n) is 11.8. The molecule has 1 heterocycles. The molecule has 21 heavy (non-hydrogen) atoms. The summed E-state index contributed by atoms with van der Waals surface area (Å²) in [6.45, 7) is 0. The lowest BCUT2D eigenvalue weighted by atomic mass is 9.77. The van der Waals surface area contributed by atoms with Crippen molar-refractivity contribution in [3.63, 3.8) is 0 Å². The van der Waals surface area contributed by atoms with E-state index in [-0.39, 0.29) is 11.5 Å². The van der Waals surface area contributed by atoms with Gasteiger partial charge in [0.15, 0.2) is 0 Å². The van der Waals surface area contributed by atoms with Gasteiger partial charge in [0, 0.05) is 19.4 Å². The van der Waals surface area contributed by atoms with Crippen LogP contribution in [0.4, 0.5) is 5.82 Å². The highest BCUT2D eigenvalue weighted by Gasteiger charge is 2.39. The predicted octanol–water partition coefficient (Wildman–Crippen LogP) is 2.08. The molecule has 112 valence electrons. The molecule has 0 unspecified atom stereocenters. The molecule has 2 rings (SSSR count). The fourth-order valence-corrected chi connectivity index (χ4v) is 2.29. The number of aliphatic carboxylic acids is 1. The van der Waals surface area contributed by atoms with Gasteiger partial charge >= 0.3 is 5.97 Å². The van der Waals surface area contributed by atoms with E-state index < -0.39 is 5.97 Å². The van der Waals surface area contributed by atoms with E-state index in [9.17, 15) is 9.59 Å². The summed E-state index contributed by atoms with van der Waals surface area (Å²) >= 11 is 0.